The van der Waals surface area contributed by atoms with Crippen molar-refractivity contribution >= 4 is 17.9 Å². The Hall–Kier alpha value is -3.41. The summed E-state index contributed by atoms with van der Waals surface area (Å²) in [5.74, 6) is -0.886. The Balaban J connectivity index is 4.34. The van der Waals surface area contributed by atoms with Crippen molar-refractivity contribution in [3.05, 3.63) is 85.1 Å². The molecule has 0 rings (SSSR count). The van der Waals surface area contributed by atoms with Crippen molar-refractivity contribution in [1.29, 1.82) is 0 Å². The second kappa shape index (κ2) is 64.1. The number of allylic oxidation sites excluding steroid dienone is 14. The molecule has 0 N–H and O–H groups in total. The molecule has 0 aliphatic carbocycles. The van der Waals surface area contributed by atoms with Gasteiger partial charge in [0, 0.05) is 19.3 Å². The maximum absolute atomic E-state index is 12.9. The van der Waals surface area contributed by atoms with E-state index in [4.69, 9.17) is 14.2 Å². The Morgan fingerprint density at radius 2 is 0.513 bits per heavy atom. The monoisotopic (exact) mass is 1060 g/mol. The van der Waals surface area contributed by atoms with E-state index in [1.165, 1.54) is 180 Å². The van der Waals surface area contributed by atoms with E-state index in [9.17, 15) is 14.4 Å². The molecule has 0 aromatic rings. The predicted octanol–water partition coefficient (Wildman–Crippen LogP) is 22.3. The minimum Gasteiger partial charge on any atom is -0.462 e. The summed E-state index contributed by atoms with van der Waals surface area (Å²) >= 11 is 0. The van der Waals surface area contributed by atoms with Crippen molar-refractivity contribution in [2.75, 3.05) is 13.2 Å². The van der Waals surface area contributed by atoms with Gasteiger partial charge in [-0.3, -0.25) is 14.4 Å². The van der Waals surface area contributed by atoms with Gasteiger partial charge in [0.15, 0.2) is 6.10 Å². The molecule has 0 aromatic carbocycles. The van der Waals surface area contributed by atoms with Crippen molar-refractivity contribution in [1.82, 2.24) is 0 Å². The van der Waals surface area contributed by atoms with Crippen LogP contribution in [-0.4, -0.2) is 37.2 Å². The van der Waals surface area contributed by atoms with Crippen LogP contribution in [0.25, 0.3) is 0 Å². The highest BCUT2D eigenvalue weighted by Gasteiger charge is 2.19. The summed E-state index contributed by atoms with van der Waals surface area (Å²) in [6, 6.07) is 0. The first kappa shape index (κ1) is 72.6. The Morgan fingerprint density at radius 1 is 0.276 bits per heavy atom. The van der Waals surface area contributed by atoms with Gasteiger partial charge < -0.3 is 14.2 Å². The van der Waals surface area contributed by atoms with Gasteiger partial charge in [-0.2, -0.15) is 0 Å². The Kier molecular flexibility index (Phi) is 61.2. The van der Waals surface area contributed by atoms with Crippen molar-refractivity contribution in [3.63, 3.8) is 0 Å². The largest absolute Gasteiger partial charge is 0.462 e. The molecule has 0 radical (unpaired) electrons. The lowest BCUT2D eigenvalue weighted by Crippen LogP contribution is -2.30. The molecule has 1 unspecified atom stereocenters. The van der Waals surface area contributed by atoms with Crippen LogP contribution in [0.5, 0.6) is 0 Å². The molecule has 0 heterocycles. The lowest BCUT2D eigenvalue weighted by Gasteiger charge is -2.18. The molecule has 0 amide bonds. The summed E-state index contributed by atoms with van der Waals surface area (Å²) in [5.41, 5.74) is 0. The lowest BCUT2D eigenvalue weighted by atomic mass is 10.0. The topological polar surface area (TPSA) is 78.9 Å². The Bertz CT molecular complexity index is 1450. The zero-order valence-corrected chi connectivity index (χ0v) is 50.3. The molecule has 6 heteroatoms. The first-order valence-corrected chi connectivity index (χ1v) is 32.6. The molecule has 0 fully saturated rings. The van der Waals surface area contributed by atoms with Gasteiger partial charge >= 0.3 is 17.9 Å². The second-order valence-electron chi connectivity index (χ2n) is 21.6. The lowest BCUT2D eigenvalue weighted by molar-refractivity contribution is -0.167. The van der Waals surface area contributed by atoms with Gasteiger partial charge in [0.25, 0.3) is 0 Å². The first-order valence-electron chi connectivity index (χ1n) is 32.6. The average Bonchev–Trinajstić information content (AvgIpc) is 3.42. The molecule has 0 aliphatic heterocycles. The number of carbonyl (C=O) groups excluding carboxylic acids is 3. The number of esters is 3. The third-order valence-electron chi connectivity index (χ3n) is 14.1. The molecular formula is C70H122O6. The number of hydrogen-bond donors (Lipinski definition) is 0. The molecule has 6 nitrogen and oxygen atoms in total. The van der Waals surface area contributed by atoms with Gasteiger partial charge in [0.05, 0.1) is 0 Å². The predicted molar refractivity (Wildman–Crippen MR) is 330 cm³/mol. The molecule has 0 spiro atoms. The van der Waals surface area contributed by atoms with E-state index in [-0.39, 0.29) is 31.1 Å². The highest BCUT2D eigenvalue weighted by molar-refractivity contribution is 5.71. The van der Waals surface area contributed by atoms with Crippen LogP contribution >= 0.6 is 0 Å². The van der Waals surface area contributed by atoms with Crippen LogP contribution in [0.2, 0.25) is 0 Å². The van der Waals surface area contributed by atoms with Gasteiger partial charge in [-0.15, -0.1) is 0 Å². The van der Waals surface area contributed by atoms with E-state index in [0.29, 0.717) is 19.3 Å². The van der Waals surface area contributed by atoms with Crippen LogP contribution in [0.15, 0.2) is 85.1 Å². The Labute approximate surface area is 471 Å². The van der Waals surface area contributed by atoms with Gasteiger partial charge in [-0.1, -0.05) is 273 Å². The summed E-state index contributed by atoms with van der Waals surface area (Å²) in [6.45, 7) is 6.52. The van der Waals surface area contributed by atoms with E-state index >= 15 is 0 Å². The SMILES string of the molecule is CC/C=C\C/C=C\C/C=C\C/C=C\CCCCCCCCCCCCCCC(=O)OCC(COC(=O)CCCCCCC/C=C\CCCCCCCCC)OC(=O)CCCCCCCCC/C=C\C/C=C\CCCCC. The van der Waals surface area contributed by atoms with Gasteiger partial charge in [-0.05, 0) is 116 Å². The number of ether oxygens (including phenoxy) is 3. The average molecular weight is 1060 g/mol. The molecule has 0 bridgehead atoms. The summed E-state index contributed by atoms with van der Waals surface area (Å²) < 4.78 is 16.9. The molecule has 0 saturated heterocycles. The molecule has 0 saturated carbocycles. The quantitative estimate of drug-likeness (QED) is 0.0261. The fourth-order valence-electron chi connectivity index (χ4n) is 9.23. The summed E-state index contributed by atoms with van der Waals surface area (Å²) in [4.78, 5) is 38.4. The Morgan fingerprint density at radius 3 is 0.842 bits per heavy atom. The van der Waals surface area contributed by atoms with E-state index in [0.717, 1.165) is 103 Å². The molecule has 0 aliphatic rings. The van der Waals surface area contributed by atoms with Crippen molar-refractivity contribution in [2.24, 2.45) is 0 Å². The van der Waals surface area contributed by atoms with Gasteiger partial charge in [0.1, 0.15) is 13.2 Å². The second-order valence-corrected chi connectivity index (χ2v) is 21.6. The zero-order valence-electron chi connectivity index (χ0n) is 50.3. The smallest absolute Gasteiger partial charge is 0.306 e. The van der Waals surface area contributed by atoms with Gasteiger partial charge in [0.2, 0.25) is 0 Å². The van der Waals surface area contributed by atoms with Crippen molar-refractivity contribution in [2.45, 2.75) is 329 Å². The first-order chi connectivity index (χ1) is 37.5. The summed E-state index contributed by atoms with van der Waals surface area (Å²) in [7, 11) is 0. The fourth-order valence-corrected chi connectivity index (χ4v) is 9.23. The zero-order chi connectivity index (χ0) is 55.0. The van der Waals surface area contributed by atoms with Crippen LogP contribution in [0.3, 0.4) is 0 Å². The maximum atomic E-state index is 12.9. The minimum atomic E-state index is -0.786. The standard InChI is InChI=1S/C70H122O6/c1-4-7-10-13-16-19-22-25-28-31-32-33-34-35-36-37-38-40-42-45-48-51-54-57-60-63-69(72)75-66-67(65-74-68(71)62-59-56-53-50-47-44-41-30-27-24-21-18-15-12-9-6-3)76-70(73)64-61-58-55-52-49-46-43-39-29-26-23-20-17-14-11-8-5-2/h7,10,16-17,19-20,25-26,28-30,32-33,41,67H,4-6,8-9,11-15,18,21-24,27,31,34-40,42-66H2,1-3H3/b10-7-,19-16-,20-17-,28-25-,29-26-,33-32-,41-30-. The minimum absolute atomic E-state index is 0.0818. The van der Waals surface area contributed by atoms with E-state index in [2.05, 4.69) is 106 Å². The maximum Gasteiger partial charge on any atom is 0.306 e. The van der Waals surface area contributed by atoms with Crippen LogP contribution in [0.4, 0.5) is 0 Å². The molecular weight excluding hydrogens is 937 g/mol. The van der Waals surface area contributed by atoms with Crippen LogP contribution in [0.1, 0.15) is 323 Å². The van der Waals surface area contributed by atoms with Crippen LogP contribution in [-0.2, 0) is 28.6 Å². The fraction of sp³-hybridized carbons (Fsp3) is 0.757. The third kappa shape index (κ3) is 61.4. The summed E-state index contributed by atoms with van der Waals surface area (Å²) in [5, 5.41) is 0. The summed E-state index contributed by atoms with van der Waals surface area (Å²) in [6.07, 6.45) is 84.4. The van der Waals surface area contributed by atoms with Crippen molar-refractivity contribution in [3.8, 4) is 0 Å². The van der Waals surface area contributed by atoms with E-state index < -0.39 is 6.10 Å². The highest BCUT2D eigenvalue weighted by Crippen LogP contribution is 2.16. The molecule has 1 atom stereocenters. The van der Waals surface area contributed by atoms with Gasteiger partial charge in [-0.25, -0.2) is 0 Å². The molecule has 0 aromatic heterocycles. The van der Waals surface area contributed by atoms with E-state index in [1.807, 2.05) is 0 Å². The van der Waals surface area contributed by atoms with Crippen molar-refractivity contribution < 1.29 is 28.6 Å². The van der Waals surface area contributed by atoms with Crippen LogP contribution in [0, 0.1) is 0 Å². The highest BCUT2D eigenvalue weighted by atomic mass is 16.6. The van der Waals surface area contributed by atoms with E-state index in [1.54, 1.807) is 0 Å². The molecule has 438 valence electrons. The van der Waals surface area contributed by atoms with Crippen LogP contribution < -0.4 is 0 Å². The third-order valence-corrected chi connectivity index (χ3v) is 14.1. The number of rotatable bonds is 59. The molecule has 76 heavy (non-hydrogen) atoms. The number of unbranched alkanes of at least 4 members (excludes halogenated alkanes) is 34. The number of carbonyl (C=O) groups is 3. The number of hydrogen-bond acceptors (Lipinski definition) is 6. The normalized spacial score (nSPS) is 12.6.